The number of hydrogen-bond donors (Lipinski definition) is 2. The summed E-state index contributed by atoms with van der Waals surface area (Å²) in [5.41, 5.74) is -0.0850. The number of nitrogens with one attached hydrogen (secondary N) is 1. The minimum absolute atomic E-state index is 0.0850. The second kappa shape index (κ2) is 6.22. The van der Waals surface area contributed by atoms with E-state index in [9.17, 15) is 5.11 Å². The van der Waals surface area contributed by atoms with Gasteiger partial charge in [-0.3, -0.25) is 0 Å². The van der Waals surface area contributed by atoms with Crippen molar-refractivity contribution in [2.24, 2.45) is 0 Å². The third-order valence-corrected chi connectivity index (χ3v) is 5.89. The van der Waals surface area contributed by atoms with Gasteiger partial charge in [-0.25, -0.2) is 4.98 Å². The molecule has 2 fully saturated rings. The second-order valence-electron chi connectivity index (χ2n) is 5.98. The summed E-state index contributed by atoms with van der Waals surface area (Å²) < 4.78 is 0. The first-order valence-electron chi connectivity index (χ1n) is 7.36. The van der Waals surface area contributed by atoms with Crippen LogP contribution in [0.3, 0.4) is 0 Å². The summed E-state index contributed by atoms with van der Waals surface area (Å²) in [7, 11) is 0. The molecule has 2 aliphatic carbocycles. The average molecular weight is 313 g/mol. The number of aromatic nitrogens is 1. The first-order chi connectivity index (χ1) is 9.71. The van der Waals surface area contributed by atoms with E-state index in [1.54, 1.807) is 18.0 Å². The first kappa shape index (κ1) is 14.6. The highest BCUT2D eigenvalue weighted by atomic mass is 35.5. The number of thioether (sulfide) groups is 1. The van der Waals surface area contributed by atoms with Gasteiger partial charge in [0.2, 0.25) is 0 Å². The van der Waals surface area contributed by atoms with Gasteiger partial charge in [-0.1, -0.05) is 18.0 Å². The summed E-state index contributed by atoms with van der Waals surface area (Å²) in [5.74, 6) is 0. The van der Waals surface area contributed by atoms with Crippen LogP contribution < -0.4 is 5.32 Å². The highest BCUT2D eigenvalue weighted by Crippen LogP contribution is 2.40. The van der Waals surface area contributed by atoms with Crippen molar-refractivity contribution < 1.29 is 5.11 Å². The summed E-state index contributed by atoms with van der Waals surface area (Å²) in [6.45, 7) is 0.233. The molecule has 1 aromatic heterocycles. The van der Waals surface area contributed by atoms with Crippen LogP contribution in [0.5, 0.6) is 0 Å². The Hall–Kier alpha value is -0.290. The lowest BCUT2D eigenvalue weighted by molar-refractivity contribution is 0.122. The fourth-order valence-corrected chi connectivity index (χ4v) is 4.57. The number of rotatable bonds is 5. The molecule has 2 N–H and O–H groups in total. The highest BCUT2D eigenvalue weighted by molar-refractivity contribution is 8.00. The molecule has 2 saturated carbocycles. The number of nitrogens with zero attached hydrogens (tertiary/aromatic N) is 1. The predicted octanol–water partition coefficient (Wildman–Crippen LogP) is 3.25. The van der Waals surface area contributed by atoms with Gasteiger partial charge in [0.05, 0.1) is 11.6 Å². The standard InChI is InChI=1S/C15H21ClN2OS/c16-13-4-2-8-17-14(13)20-12-3-1-7-15(9-12,10-19)18-11-5-6-11/h2,4,8,11-12,18-19H,1,3,5-7,9-10H2. The van der Waals surface area contributed by atoms with E-state index in [2.05, 4.69) is 10.3 Å². The van der Waals surface area contributed by atoms with Crippen molar-refractivity contribution in [1.82, 2.24) is 10.3 Å². The molecule has 3 nitrogen and oxygen atoms in total. The van der Waals surface area contributed by atoms with E-state index in [4.69, 9.17) is 11.6 Å². The van der Waals surface area contributed by atoms with E-state index < -0.39 is 0 Å². The van der Waals surface area contributed by atoms with Crippen LogP contribution in [-0.4, -0.2) is 33.5 Å². The largest absolute Gasteiger partial charge is 0.394 e. The molecule has 0 amide bonds. The molecular weight excluding hydrogens is 292 g/mol. The van der Waals surface area contributed by atoms with Gasteiger partial charge in [-0.2, -0.15) is 0 Å². The Morgan fingerprint density at radius 1 is 1.45 bits per heavy atom. The van der Waals surface area contributed by atoms with E-state index in [1.807, 2.05) is 12.1 Å². The molecule has 3 rings (SSSR count). The Morgan fingerprint density at radius 2 is 2.30 bits per heavy atom. The quantitative estimate of drug-likeness (QED) is 0.876. The van der Waals surface area contributed by atoms with Gasteiger partial charge < -0.3 is 10.4 Å². The topological polar surface area (TPSA) is 45.1 Å². The maximum atomic E-state index is 9.84. The Balaban J connectivity index is 1.66. The predicted molar refractivity (Wildman–Crippen MR) is 83.3 cm³/mol. The van der Waals surface area contributed by atoms with E-state index in [0.717, 1.165) is 29.3 Å². The monoisotopic (exact) mass is 312 g/mol. The van der Waals surface area contributed by atoms with Crippen molar-refractivity contribution in [2.45, 2.75) is 60.4 Å². The molecule has 0 saturated heterocycles. The molecule has 1 heterocycles. The summed E-state index contributed by atoms with van der Waals surface area (Å²) in [4.78, 5) is 4.37. The fourth-order valence-electron chi connectivity index (χ4n) is 3.01. The Labute approximate surface area is 129 Å². The minimum atomic E-state index is -0.0850. The smallest absolute Gasteiger partial charge is 0.115 e. The summed E-state index contributed by atoms with van der Waals surface area (Å²) >= 11 is 7.96. The zero-order valence-corrected chi connectivity index (χ0v) is 13.1. The van der Waals surface area contributed by atoms with Crippen molar-refractivity contribution >= 4 is 23.4 Å². The Kier molecular flexibility index (Phi) is 4.55. The van der Waals surface area contributed by atoms with E-state index in [0.29, 0.717) is 11.3 Å². The number of pyridine rings is 1. The van der Waals surface area contributed by atoms with Crippen molar-refractivity contribution in [3.8, 4) is 0 Å². The molecular formula is C15H21ClN2OS. The van der Waals surface area contributed by atoms with Crippen LogP contribution in [0.1, 0.15) is 38.5 Å². The fraction of sp³-hybridized carbons (Fsp3) is 0.667. The van der Waals surface area contributed by atoms with Crippen molar-refractivity contribution in [1.29, 1.82) is 0 Å². The van der Waals surface area contributed by atoms with Gasteiger partial charge >= 0.3 is 0 Å². The molecule has 0 radical (unpaired) electrons. The van der Waals surface area contributed by atoms with E-state index in [1.165, 1.54) is 19.3 Å². The summed E-state index contributed by atoms with van der Waals surface area (Å²) in [6.07, 6.45) is 8.70. The average Bonchev–Trinajstić information content (AvgIpc) is 3.26. The van der Waals surface area contributed by atoms with Crippen LogP contribution in [0.2, 0.25) is 5.02 Å². The number of halogens is 1. The number of aliphatic hydroxyl groups excluding tert-OH is 1. The molecule has 1 aromatic rings. The van der Waals surface area contributed by atoms with Crippen molar-refractivity contribution in [3.05, 3.63) is 23.4 Å². The van der Waals surface area contributed by atoms with Gasteiger partial charge in [0.1, 0.15) is 5.03 Å². The molecule has 2 unspecified atom stereocenters. The highest BCUT2D eigenvalue weighted by Gasteiger charge is 2.40. The van der Waals surface area contributed by atoms with Gasteiger partial charge in [-0.15, -0.1) is 11.8 Å². The lowest BCUT2D eigenvalue weighted by Crippen LogP contribution is -2.53. The molecule has 2 aliphatic rings. The number of aliphatic hydroxyl groups is 1. The molecule has 20 heavy (non-hydrogen) atoms. The summed E-state index contributed by atoms with van der Waals surface area (Å²) in [6, 6.07) is 4.38. The minimum Gasteiger partial charge on any atom is -0.394 e. The zero-order chi connectivity index (χ0) is 14.0. The van der Waals surface area contributed by atoms with Crippen molar-refractivity contribution in [2.75, 3.05) is 6.61 Å². The van der Waals surface area contributed by atoms with Gasteiger partial charge in [0.25, 0.3) is 0 Å². The molecule has 5 heteroatoms. The molecule has 0 bridgehead atoms. The van der Waals surface area contributed by atoms with E-state index in [-0.39, 0.29) is 12.1 Å². The van der Waals surface area contributed by atoms with Crippen LogP contribution in [0, 0.1) is 0 Å². The third-order valence-electron chi connectivity index (χ3n) is 4.19. The van der Waals surface area contributed by atoms with Gasteiger partial charge in [0.15, 0.2) is 0 Å². The molecule has 2 atom stereocenters. The molecule has 0 aliphatic heterocycles. The summed E-state index contributed by atoms with van der Waals surface area (Å²) in [5, 5.41) is 15.6. The van der Waals surface area contributed by atoms with Crippen LogP contribution in [-0.2, 0) is 0 Å². The maximum absolute atomic E-state index is 9.84. The SMILES string of the molecule is OCC1(NC2CC2)CCCC(Sc2ncccc2Cl)C1. The van der Waals surface area contributed by atoms with Crippen LogP contribution in [0.4, 0.5) is 0 Å². The number of hydrogen-bond acceptors (Lipinski definition) is 4. The molecule has 110 valence electrons. The van der Waals surface area contributed by atoms with Crippen LogP contribution >= 0.6 is 23.4 Å². The lowest BCUT2D eigenvalue weighted by Gasteiger charge is -2.40. The Bertz CT molecular complexity index is 469. The van der Waals surface area contributed by atoms with E-state index >= 15 is 0 Å². The molecule has 0 aromatic carbocycles. The van der Waals surface area contributed by atoms with Crippen molar-refractivity contribution in [3.63, 3.8) is 0 Å². The van der Waals surface area contributed by atoms with Crippen LogP contribution in [0.25, 0.3) is 0 Å². The van der Waals surface area contributed by atoms with Gasteiger partial charge in [-0.05, 0) is 44.2 Å². The maximum Gasteiger partial charge on any atom is 0.115 e. The Morgan fingerprint density at radius 3 is 3.00 bits per heavy atom. The van der Waals surface area contributed by atoms with Gasteiger partial charge in [0, 0.05) is 23.0 Å². The second-order valence-corrected chi connectivity index (χ2v) is 7.68. The van der Waals surface area contributed by atoms with Crippen LogP contribution in [0.15, 0.2) is 23.4 Å². The molecule has 0 spiro atoms. The normalized spacial score (nSPS) is 30.4. The lowest BCUT2D eigenvalue weighted by atomic mass is 9.82. The first-order valence-corrected chi connectivity index (χ1v) is 8.62. The third kappa shape index (κ3) is 3.48. The zero-order valence-electron chi connectivity index (χ0n) is 11.5.